The Hall–Kier alpha value is -2.24. The number of nitrogen functional groups attached to an aromatic ring is 1. The van der Waals surface area contributed by atoms with Gasteiger partial charge in [-0.3, -0.25) is 5.10 Å². The number of phenolic OH excluding ortho intramolecular Hbond substituents is 1. The molecule has 0 saturated carbocycles. The Balaban J connectivity index is 2.58. The molecule has 2 aromatic rings. The minimum absolute atomic E-state index is 0.203. The Labute approximate surface area is 90.7 Å². The number of halogens is 1. The van der Waals surface area contributed by atoms with Crippen LogP contribution >= 0.6 is 0 Å². The second-order valence-electron chi connectivity index (χ2n) is 3.19. The van der Waals surface area contributed by atoms with Gasteiger partial charge in [-0.25, -0.2) is 4.39 Å². The van der Waals surface area contributed by atoms with Crippen molar-refractivity contribution in [1.29, 1.82) is 0 Å². The summed E-state index contributed by atoms with van der Waals surface area (Å²) < 4.78 is 18.6. The van der Waals surface area contributed by atoms with Crippen molar-refractivity contribution >= 4 is 5.82 Å². The molecule has 2 rings (SSSR count). The topological polar surface area (TPSA) is 84.2 Å². The van der Waals surface area contributed by atoms with Gasteiger partial charge in [0.2, 0.25) is 0 Å². The first-order valence-electron chi connectivity index (χ1n) is 4.50. The fourth-order valence-electron chi connectivity index (χ4n) is 1.42. The number of H-pyrrole nitrogens is 1. The van der Waals surface area contributed by atoms with Crippen LogP contribution in [-0.2, 0) is 0 Å². The number of anilines is 1. The van der Waals surface area contributed by atoms with Gasteiger partial charge in [-0.15, -0.1) is 0 Å². The van der Waals surface area contributed by atoms with Crippen LogP contribution in [0.3, 0.4) is 0 Å². The van der Waals surface area contributed by atoms with E-state index in [1.165, 1.54) is 25.3 Å². The third kappa shape index (κ3) is 1.54. The Morgan fingerprint density at radius 2 is 2.25 bits per heavy atom. The van der Waals surface area contributed by atoms with Gasteiger partial charge < -0.3 is 15.6 Å². The summed E-state index contributed by atoms with van der Waals surface area (Å²) in [5, 5.41) is 15.6. The molecule has 1 heterocycles. The quantitative estimate of drug-likeness (QED) is 0.720. The molecule has 4 N–H and O–H groups in total. The highest BCUT2D eigenvalue weighted by atomic mass is 19.1. The first kappa shape index (κ1) is 10.3. The van der Waals surface area contributed by atoms with E-state index in [1.807, 2.05) is 0 Å². The summed E-state index contributed by atoms with van der Waals surface area (Å²) in [5.41, 5.74) is 6.08. The van der Waals surface area contributed by atoms with E-state index < -0.39 is 5.82 Å². The van der Waals surface area contributed by atoms with Gasteiger partial charge in [0, 0.05) is 11.6 Å². The Morgan fingerprint density at radius 1 is 1.50 bits per heavy atom. The summed E-state index contributed by atoms with van der Waals surface area (Å²) in [6.07, 6.45) is 0. The summed E-state index contributed by atoms with van der Waals surface area (Å²) in [7, 11) is 1.28. The molecule has 0 bridgehead atoms. The van der Waals surface area contributed by atoms with E-state index in [1.54, 1.807) is 0 Å². The van der Waals surface area contributed by atoms with Gasteiger partial charge in [-0.05, 0) is 12.1 Å². The number of nitrogens with two attached hydrogens (primary N) is 1. The van der Waals surface area contributed by atoms with Crippen molar-refractivity contribution in [2.75, 3.05) is 12.8 Å². The number of phenols is 1. The Kier molecular flexibility index (Phi) is 2.40. The lowest BCUT2D eigenvalue weighted by molar-refractivity contribution is 0.352. The number of rotatable bonds is 2. The number of nitrogens with one attached hydrogen (secondary N) is 1. The van der Waals surface area contributed by atoms with Crippen LogP contribution in [0.2, 0.25) is 0 Å². The van der Waals surface area contributed by atoms with Crippen molar-refractivity contribution in [3.63, 3.8) is 0 Å². The zero-order valence-corrected chi connectivity index (χ0v) is 8.49. The van der Waals surface area contributed by atoms with Crippen molar-refractivity contribution in [2.45, 2.75) is 0 Å². The van der Waals surface area contributed by atoms with E-state index in [-0.39, 0.29) is 22.9 Å². The van der Waals surface area contributed by atoms with Gasteiger partial charge in [0.15, 0.2) is 17.3 Å². The zero-order valence-electron chi connectivity index (χ0n) is 8.49. The highest BCUT2D eigenvalue weighted by molar-refractivity contribution is 5.66. The van der Waals surface area contributed by atoms with Crippen LogP contribution in [0.4, 0.5) is 10.2 Å². The van der Waals surface area contributed by atoms with E-state index in [4.69, 9.17) is 10.5 Å². The molecule has 0 atom stereocenters. The summed E-state index contributed by atoms with van der Waals surface area (Å²) >= 11 is 0. The van der Waals surface area contributed by atoms with Crippen LogP contribution in [0.15, 0.2) is 18.2 Å². The number of nitrogens with zero attached hydrogens (tertiary/aromatic N) is 1. The SMILES string of the molecule is COc1c(O)ccc(-c2cc(N)n[nH]2)c1F. The number of aromatic nitrogens is 2. The molecule has 0 unspecified atom stereocenters. The molecular formula is C10H10FN3O2. The molecule has 0 amide bonds. The zero-order chi connectivity index (χ0) is 11.7. The van der Waals surface area contributed by atoms with Crippen LogP contribution < -0.4 is 10.5 Å². The first-order valence-corrected chi connectivity index (χ1v) is 4.50. The number of aromatic amines is 1. The van der Waals surface area contributed by atoms with Gasteiger partial charge in [0.25, 0.3) is 0 Å². The van der Waals surface area contributed by atoms with Crippen LogP contribution in [0, 0.1) is 5.82 Å². The molecular weight excluding hydrogens is 213 g/mol. The lowest BCUT2D eigenvalue weighted by Gasteiger charge is -2.07. The molecule has 6 heteroatoms. The molecule has 0 aliphatic rings. The molecule has 1 aromatic carbocycles. The Morgan fingerprint density at radius 3 is 2.81 bits per heavy atom. The molecule has 84 valence electrons. The summed E-state index contributed by atoms with van der Waals surface area (Å²) in [5.74, 6) is -0.852. The monoisotopic (exact) mass is 223 g/mol. The fraction of sp³-hybridized carbons (Fsp3) is 0.100. The van der Waals surface area contributed by atoms with Crippen molar-refractivity contribution in [3.05, 3.63) is 24.0 Å². The second kappa shape index (κ2) is 3.73. The van der Waals surface area contributed by atoms with Crippen LogP contribution in [-0.4, -0.2) is 22.4 Å². The average molecular weight is 223 g/mol. The third-order valence-corrected chi connectivity index (χ3v) is 2.17. The molecule has 0 aliphatic carbocycles. The number of hydrogen-bond acceptors (Lipinski definition) is 4. The molecule has 0 spiro atoms. The summed E-state index contributed by atoms with van der Waals surface area (Å²) in [6, 6.07) is 4.25. The number of benzene rings is 1. The normalized spacial score (nSPS) is 10.4. The number of aromatic hydroxyl groups is 1. The highest BCUT2D eigenvalue weighted by Gasteiger charge is 2.16. The maximum absolute atomic E-state index is 13.9. The predicted molar refractivity (Wildman–Crippen MR) is 56.6 cm³/mol. The van der Waals surface area contributed by atoms with Crippen molar-refractivity contribution in [3.8, 4) is 22.8 Å². The molecule has 0 saturated heterocycles. The largest absolute Gasteiger partial charge is 0.504 e. The summed E-state index contributed by atoms with van der Waals surface area (Å²) in [6.45, 7) is 0. The van der Waals surface area contributed by atoms with E-state index in [9.17, 15) is 9.50 Å². The maximum Gasteiger partial charge on any atom is 0.197 e. The molecule has 5 nitrogen and oxygen atoms in total. The van der Waals surface area contributed by atoms with Crippen molar-refractivity contribution in [1.82, 2.24) is 10.2 Å². The number of hydrogen-bond donors (Lipinski definition) is 3. The fourth-order valence-corrected chi connectivity index (χ4v) is 1.42. The maximum atomic E-state index is 13.9. The van der Waals surface area contributed by atoms with Crippen LogP contribution in [0.25, 0.3) is 11.3 Å². The summed E-state index contributed by atoms with van der Waals surface area (Å²) in [4.78, 5) is 0. The van der Waals surface area contributed by atoms with Crippen LogP contribution in [0.5, 0.6) is 11.5 Å². The third-order valence-electron chi connectivity index (χ3n) is 2.17. The van der Waals surface area contributed by atoms with Crippen molar-refractivity contribution < 1.29 is 14.2 Å². The van der Waals surface area contributed by atoms with Gasteiger partial charge in [0.1, 0.15) is 5.82 Å². The molecule has 0 fully saturated rings. The van der Waals surface area contributed by atoms with E-state index in [0.717, 1.165) is 0 Å². The number of methoxy groups -OCH3 is 1. The Bertz CT molecular complexity index is 525. The number of ether oxygens (including phenoxy) is 1. The van der Waals surface area contributed by atoms with Gasteiger partial charge in [-0.1, -0.05) is 0 Å². The van der Waals surface area contributed by atoms with E-state index in [0.29, 0.717) is 5.69 Å². The lowest BCUT2D eigenvalue weighted by atomic mass is 10.1. The smallest absolute Gasteiger partial charge is 0.197 e. The molecule has 0 aliphatic heterocycles. The lowest BCUT2D eigenvalue weighted by Crippen LogP contribution is -1.92. The molecule has 1 aromatic heterocycles. The van der Waals surface area contributed by atoms with E-state index in [2.05, 4.69) is 10.2 Å². The first-order chi connectivity index (χ1) is 7.63. The van der Waals surface area contributed by atoms with Crippen LogP contribution in [0.1, 0.15) is 0 Å². The minimum Gasteiger partial charge on any atom is -0.504 e. The van der Waals surface area contributed by atoms with Crippen molar-refractivity contribution in [2.24, 2.45) is 0 Å². The van der Waals surface area contributed by atoms with E-state index >= 15 is 0 Å². The van der Waals surface area contributed by atoms with Gasteiger partial charge in [-0.2, -0.15) is 5.10 Å². The standard InChI is InChI=1S/C10H10FN3O2/c1-16-10-7(15)3-2-5(9(10)11)6-4-8(12)14-13-6/h2-4,15H,1H3,(H3,12,13,14). The highest BCUT2D eigenvalue weighted by Crippen LogP contribution is 2.35. The molecule has 0 radical (unpaired) electrons. The van der Waals surface area contributed by atoms with Gasteiger partial charge >= 0.3 is 0 Å². The second-order valence-corrected chi connectivity index (χ2v) is 3.19. The minimum atomic E-state index is -0.661. The predicted octanol–water partition coefficient (Wildman–Crippen LogP) is 1.51. The van der Waals surface area contributed by atoms with Gasteiger partial charge in [0.05, 0.1) is 12.8 Å². The molecule has 16 heavy (non-hydrogen) atoms. The average Bonchev–Trinajstić information content (AvgIpc) is 2.65.